The van der Waals surface area contributed by atoms with E-state index in [4.69, 9.17) is 11.1 Å². The number of aryl methyl sites for hydroxylation is 1. The number of amidine groups is 1. The molecule has 102 valence electrons. The zero-order chi connectivity index (χ0) is 13.9. The van der Waals surface area contributed by atoms with E-state index in [0.717, 1.165) is 25.9 Å². The van der Waals surface area contributed by atoms with Crippen LogP contribution in [-0.2, 0) is 13.0 Å². The first-order valence-electron chi connectivity index (χ1n) is 6.73. The third kappa shape index (κ3) is 2.34. The number of anilines is 1. The van der Waals surface area contributed by atoms with Gasteiger partial charge in [0, 0.05) is 25.5 Å². The molecule has 0 bridgehead atoms. The molecule has 2 heterocycles. The normalized spacial score (nSPS) is 14.5. The zero-order valence-corrected chi connectivity index (χ0v) is 11.2. The highest BCUT2D eigenvalue weighted by Crippen LogP contribution is 2.23. The van der Waals surface area contributed by atoms with Gasteiger partial charge in [-0.3, -0.25) is 5.41 Å². The summed E-state index contributed by atoms with van der Waals surface area (Å²) in [5.41, 5.74) is 8.78. The molecule has 1 aliphatic rings. The fourth-order valence-electron chi connectivity index (χ4n) is 2.63. The SMILES string of the molecule is N=C(N)c1nccnc1N1CCCc2ccccc2C1. The molecule has 3 N–H and O–H groups in total. The van der Waals surface area contributed by atoms with Gasteiger partial charge in [-0.05, 0) is 24.0 Å². The first kappa shape index (κ1) is 12.6. The number of nitrogen functional groups attached to an aromatic ring is 1. The van der Waals surface area contributed by atoms with E-state index in [0.29, 0.717) is 11.5 Å². The molecule has 0 unspecified atom stereocenters. The van der Waals surface area contributed by atoms with Crippen molar-refractivity contribution in [2.75, 3.05) is 11.4 Å². The summed E-state index contributed by atoms with van der Waals surface area (Å²) in [5.74, 6) is 0.669. The van der Waals surface area contributed by atoms with Gasteiger partial charge in [-0.25, -0.2) is 9.97 Å². The Balaban J connectivity index is 1.98. The van der Waals surface area contributed by atoms with Gasteiger partial charge in [0.2, 0.25) is 0 Å². The quantitative estimate of drug-likeness (QED) is 0.641. The van der Waals surface area contributed by atoms with Crippen molar-refractivity contribution in [1.82, 2.24) is 9.97 Å². The third-order valence-electron chi connectivity index (χ3n) is 3.59. The van der Waals surface area contributed by atoms with Crippen molar-refractivity contribution in [3.05, 3.63) is 53.5 Å². The molecular weight excluding hydrogens is 250 g/mol. The highest BCUT2D eigenvalue weighted by atomic mass is 15.2. The van der Waals surface area contributed by atoms with E-state index in [9.17, 15) is 0 Å². The fraction of sp³-hybridized carbons (Fsp3) is 0.267. The second-order valence-corrected chi connectivity index (χ2v) is 4.94. The number of nitrogens with one attached hydrogen (secondary N) is 1. The van der Waals surface area contributed by atoms with Crippen molar-refractivity contribution in [1.29, 1.82) is 5.41 Å². The maximum absolute atomic E-state index is 7.64. The Labute approximate surface area is 118 Å². The van der Waals surface area contributed by atoms with Gasteiger partial charge in [0.25, 0.3) is 0 Å². The van der Waals surface area contributed by atoms with Gasteiger partial charge in [0.15, 0.2) is 5.82 Å². The number of aromatic nitrogens is 2. The molecule has 0 atom stereocenters. The van der Waals surface area contributed by atoms with Crippen LogP contribution in [0.4, 0.5) is 5.82 Å². The van der Waals surface area contributed by atoms with Crippen molar-refractivity contribution >= 4 is 11.7 Å². The van der Waals surface area contributed by atoms with E-state index in [1.807, 2.05) is 0 Å². The number of fused-ring (bicyclic) bond motifs is 1. The minimum atomic E-state index is -0.0365. The van der Waals surface area contributed by atoms with Crippen molar-refractivity contribution in [2.24, 2.45) is 5.73 Å². The first-order valence-corrected chi connectivity index (χ1v) is 6.73. The van der Waals surface area contributed by atoms with Gasteiger partial charge in [-0.2, -0.15) is 0 Å². The number of hydrogen-bond acceptors (Lipinski definition) is 4. The van der Waals surface area contributed by atoms with Gasteiger partial charge in [0.1, 0.15) is 11.5 Å². The maximum Gasteiger partial charge on any atom is 0.158 e. The van der Waals surface area contributed by atoms with Crippen LogP contribution >= 0.6 is 0 Å². The van der Waals surface area contributed by atoms with Crippen LogP contribution in [0.15, 0.2) is 36.7 Å². The molecule has 2 aromatic rings. The highest BCUT2D eigenvalue weighted by Gasteiger charge is 2.19. The van der Waals surface area contributed by atoms with Crippen LogP contribution in [0, 0.1) is 5.41 Å². The minimum Gasteiger partial charge on any atom is -0.382 e. The highest BCUT2D eigenvalue weighted by molar-refractivity contribution is 5.97. The number of rotatable bonds is 2. The van der Waals surface area contributed by atoms with Gasteiger partial charge in [-0.1, -0.05) is 24.3 Å². The second kappa shape index (κ2) is 5.28. The Morgan fingerprint density at radius 2 is 1.90 bits per heavy atom. The smallest absolute Gasteiger partial charge is 0.158 e. The molecule has 0 saturated heterocycles. The number of hydrogen-bond donors (Lipinski definition) is 2. The molecule has 3 rings (SSSR count). The van der Waals surface area contributed by atoms with E-state index >= 15 is 0 Å². The standard InChI is InChI=1S/C15H17N5/c16-14(17)13-15(19-8-7-18-13)20-9-3-6-11-4-1-2-5-12(11)10-20/h1-2,4-5,7-8H,3,6,9-10H2,(H3,16,17). The molecule has 0 amide bonds. The van der Waals surface area contributed by atoms with Crippen molar-refractivity contribution in [2.45, 2.75) is 19.4 Å². The molecule has 0 aliphatic carbocycles. The molecule has 5 nitrogen and oxygen atoms in total. The molecule has 0 spiro atoms. The van der Waals surface area contributed by atoms with Crippen LogP contribution in [0.25, 0.3) is 0 Å². The van der Waals surface area contributed by atoms with Gasteiger partial charge in [0.05, 0.1) is 0 Å². The van der Waals surface area contributed by atoms with E-state index < -0.39 is 0 Å². The van der Waals surface area contributed by atoms with Crippen molar-refractivity contribution in [3.8, 4) is 0 Å². The summed E-state index contributed by atoms with van der Waals surface area (Å²) in [6.07, 6.45) is 5.36. The third-order valence-corrected chi connectivity index (χ3v) is 3.59. The minimum absolute atomic E-state index is 0.0365. The first-order chi connectivity index (χ1) is 9.75. The molecule has 5 heteroatoms. The molecular formula is C15H17N5. The lowest BCUT2D eigenvalue weighted by Crippen LogP contribution is -2.28. The lowest BCUT2D eigenvalue weighted by molar-refractivity contribution is 0.750. The van der Waals surface area contributed by atoms with E-state index in [2.05, 4.69) is 39.1 Å². The van der Waals surface area contributed by atoms with Crippen LogP contribution in [0.2, 0.25) is 0 Å². The monoisotopic (exact) mass is 267 g/mol. The topological polar surface area (TPSA) is 78.9 Å². The van der Waals surface area contributed by atoms with Crippen LogP contribution < -0.4 is 10.6 Å². The van der Waals surface area contributed by atoms with Crippen LogP contribution in [0.3, 0.4) is 0 Å². The van der Waals surface area contributed by atoms with E-state index in [-0.39, 0.29) is 5.84 Å². The zero-order valence-electron chi connectivity index (χ0n) is 11.2. The molecule has 0 radical (unpaired) electrons. The Morgan fingerprint density at radius 1 is 1.15 bits per heavy atom. The van der Waals surface area contributed by atoms with Crippen LogP contribution in [-0.4, -0.2) is 22.3 Å². The molecule has 0 fully saturated rings. The largest absolute Gasteiger partial charge is 0.382 e. The number of nitrogens with zero attached hydrogens (tertiary/aromatic N) is 3. The summed E-state index contributed by atoms with van der Waals surface area (Å²) in [6, 6.07) is 8.47. The van der Waals surface area contributed by atoms with Gasteiger partial charge < -0.3 is 10.6 Å². The molecule has 1 aromatic heterocycles. The Morgan fingerprint density at radius 3 is 2.70 bits per heavy atom. The Hall–Kier alpha value is -2.43. The predicted octanol–water partition coefficient (Wildman–Crippen LogP) is 1.71. The predicted molar refractivity (Wildman–Crippen MR) is 78.9 cm³/mol. The lowest BCUT2D eigenvalue weighted by atomic mass is 10.0. The molecule has 0 saturated carbocycles. The molecule has 20 heavy (non-hydrogen) atoms. The average molecular weight is 267 g/mol. The number of nitrogens with two attached hydrogens (primary N) is 1. The maximum atomic E-state index is 7.64. The van der Waals surface area contributed by atoms with E-state index in [1.165, 1.54) is 11.1 Å². The lowest BCUT2D eigenvalue weighted by Gasteiger charge is -2.23. The number of benzene rings is 1. The van der Waals surface area contributed by atoms with Gasteiger partial charge >= 0.3 is 0 Å². The average Bonchev–Trinajstić information content (AvgIpc) is 2.69. The van der Waals surface area contributed by atoms with Crippen LogP contribution in [0.1, 0.15) is 23.2 Å². The summed E-state index contributed by atoms with van der Waals surface area (Å²) in [7, 11) is 0. The summed E-state index contributed by atoms with van der Waals surface area (Å²) < 4.78 is 0. The Kier molecular flexibility index (Phi) is 3.33. The van der Waals surface area contributed by atoms with Crippen molar-refractivity contribution in [3.63, 3.8) is 0 Å². The fourth-order valence-corrected chi connectivity index (χ4v) is 2.63. The summed E-state index contributed by atoms with van der Waals surface area (Å²) in [6.45, 7) is 1.68. The summed E-state index contributed by atoms with van der Waals surface area (Å²) >= 11 is 0. The summed E-state index contributed by atoms with van der Waals surface area (Å²) in [5, 5.41) is 7.64. The van der Waals surface area contributed by atoms with Gasteiger partial charge in [-0.15, -0.1) is 0 Å². The molecule has 1 aliphatic heterocycles. The molecule has 1 aromatic carbocycles. The van der Waals surface area contributed by atoms with Crippen molar-refractivity contribution < 1.29 is 0 Å². The van der Waals surface area contributed by atoms with Crippen LogP contribution in [0.5, 0.6) is 0 Å². The summed E-state index contributed by atoms with van der Waals surface area (Å²) in [4.78, 5) is 10.7. The second-order valence-electron chi connectivity index (χ2n) is 4.94. The van der Waals surface area contributed by atoms with E-state index in [1.54, 1.807) is 12.4 Å². The Bertz CT molecular complexity index is 638.